The van der Waals surface area contributed by atoms with E-state index in [2.05, 4.69) is 10.1 Å². The summed E-state index contributed by atoms with van der Waals surface area (Å²) in [7, 11) is 0. The number of hydrogen-bond donors (Lipinski definition) is 0. The SMILES string of the molecule is O=C1CC(c2noc(-c3ccccc3)n2)CN1CCc1ccc(Cl)cc1. The van der Waals surface area contributed by atoms with Gasteiger partial charge in [0, 0.05) is 36.0 Å². The lowest BCUT2D eigenvalue weighted by atomic mass is 10.1. The van der Waals surface area contributed by atoms with E-state index in [4.69, 9.17) is 16.1 Å². The fraction of sp³-hybridized carbons (Fsp3) is 0.250. The van der Waals surface area contributed by atoms with Crippen LogP contribution in [0, 0.1) is 0 Å². The zero-order chi connectivity index (χ0) is 17.9. The molecule has 2 aromatic carbocycles. The largest absolute Gasteiger partial charge is 0.342 e. The molecule has 0 bridgehead atoms. The molecule has 1 fully saturated rings. The zero-order valence-corrected chi connectivity index (χ0v) is 14.9. The number of nitrogens with zero attached hydrogens (tertiary/aromatic N) is 3. The minimum atomic E-state index is -0.0195. The van der Waals surface area contributed by atoms with Gasteiger partial charge in [-0.05, 0) is 36.2 Å². The van der Waals surface area contributed by atoms with E-state index in [1.165, 1.54) is 0 Å². The van der Waals surface area contributed by atoms with Gasteiger partial charge in [0.05, 0.1) is 0 Å². The van der Waals surface area contributed by atoms with E-state index < -0.39 is 0 Å². The molecular weight excluding hydrogens is 350 g/mol. The number of likely N-dealkylation sites (tertiary alicyclic amines) is 1. The van der Waals surface area contributed by atoms with Crippen LogP contribution in [0.1, 0.15) is 23.7 Å². The summed E-state index contributed by atoms with van der Waals surface area (Å²) in [6, 6.07) is 17.4. The average Bonchev–Trinajstić information content (AvgIpc) is 3.29. The topological polar surface area (TPSA) is 59.2 Å². The lowest BCUT2D eigenvalue weighted by Gasteiger charge is -2.15. The van der Waals surface area contributed by atoms with Gasteiger partial charge < -0.3 is 9.42 Å². The van der Waals surface area contributed by atoms with Gasteiger partial charge in [-0.3, -0.25) is 4.79 Å². The van der Waals surface area contributed by atoms with E-state index in [-0.39, 0.29) is 11.8 Å². The molecule has 0 radical (unpaired) electrons. The molecule has 0 saturated carbocycles. The molecule has 1 saturated heterocycles. The summed E-state index contributed by atoms with van der Waals surface area (Å²) in [6.45, 7) is 1.31. The maximum absolute atomic E-state index is 12.3. The molecule has 1 aliphatic heterocycles. The van der Waals surface area contributed by atoms with Crippen LogP contribution in [0.4, 0.5) is 0 Å². The van der Waals surface area contributed by atoms with Crippen molar-refractivity contribution in [1.82, 2.24) is 15.0 Å². The van der Waals surface area contributed by atoms with E-state index in [0.717, 1.165) is 22.6 Å². The summed E-state index contributed by atoms with van der Waals surface area (Å²) in [6.07, 6.45) is 1.23. The standard InChI is InChI=1S/C20H18ClN3O2/c21-17-8-6-14(7-9-17)10-11-24-13-16(12-18(24)25)19-22-20(26-23-19)15-4-2-1-3-5-15/h1-9,16H,10-13H2. The molecule has 26 heavy (non-hydrogen) atoms. The van der Waals surface area contributed by atoms with Crippen molar-refractivity contribution < 1.29 is 9.32 Å². The van der Waals surface area contributed by atoms with Crippen molar-refractivity contribution >= 4 is 17.5 Å². The molecule has 132 valence electrons. The van der Waals surface area contributed by atoms with Crippen LogP contribution in [0.25, 0.3) is 11.5 Å². The highest BCUT2D eigenvalue weighted by atomic mass is 35.5. The van der Waals surface area contributed by atoms with Crippen molar-refractivity contribution in [2.45, 2.75) is 18.8 Å². The van der Waals surface area contributed by atoms with Crippen LogP contribution in [0.3, 0.4) is 0 Å². The lowest BCUT2D eigenvalue weighted by molar-refractivity contribution is -0.127. The van der Waals surface area contributed by atoms with Crippen molar-refractivity contribution in [1.29, 1.82) is 0 Å². The van der Waals surface area contributed by atoms with Crippen molar-refractivity contribution in [3.63, 3.8) is 0 Å². The van der Waals surface area contributed by atoms with Crippen molar-refractivity contribution in [3.8, 4) is 11.5 Å². The molecule has 0 N–H and O–H groups in total. The number of carbonyl (C=O) groups excluding carboxylic acids is 1. The zero-order valence-electron chi connectivity index (χ0n) is 14.1. The second-order valence-electron chi connectivity index (χ2n) is 6.44. The molecule has 1 amide bonds. The minimum Gasteiger partial charge on any atom is -0.342 e. The predicted octanol–water partition coefficient (Wildman–Crippen LogP) is 3.95. The summed E-state index contributed by atoms with van der Waals surface area (Å²) < 4.78 is 5.37. The van der Waals surface area contributed by atoms with Crippen LogP contribution in [0.15, 0.2) is 59.1 Å². The predicted molar refractivity (Wildman–Crippen MR) is 98.8 cm³/mol. The molecule has 1 unspecified atom stereocenters. The summed E-state index contributed by atoms with van der Waals surface area (Å²) in [5, 5.41) is 4.81. The first-order valence-corrected chi connectivity index (χ1v) is 8.98. The third kappa shape index (κ3) is 3.63. The lowest BCUT2D eigenvalue weighted by Crippen LogP contribution is -2.27. The Morgan fingerprint density at radius 2 is 1.88 bits per heavy atom. The van der Waals surface area contributed by atoms with Crippen LogP contribution >= 0.6 is 11.6 Å². The normalized spacial score (nSPS) is 17.0. The average molecular weight is 368 g/mol. The number of benzene rings is 2. The Labute approximate surface area is 156 Å². The maximum atomic E-state index is 12.3. The molecule has 6 heteroatoms. The molecule has 1 aliphatic rings. The second-order valence-corrected chi connectivity index (χ2v) is 6.88. The van der Waals surface area contributed by atoms with Crippen LogP contribution in [0.2, 0.25) is 5.02 Å². The first kappa shape index (κ1) is 16.8. The highest BCUT2D eigenvalue weighted by Crippen LogP contribution is 2.28. The smallest absolute Gasteiger partial charge is 0.257 e. The van der Waals surface area contributed by atoms with E-state index in [1.807, 2.05) is 59.5 Å². The number of rotatable bonds is 5. The monoisotopic (exact) mass is 367 g/mol. The Balaban J connectivity index is 1.40. The van der Waals surface area contributed by atoms with Gasteiger partial charge in [-0.1, -0.05) is 47.1 Å². The molecule has 1 aromatic heterocycles. The Kier molecular flexibility index (Phi) is 4.71. The first-order chi connectivity index (χ1) is 12.7. The van der Waals surface area contributed by atoms with Gasteiger partial charge in [-0.2, -0.15) is 4.98 Å². The summed E-state index contributed by atoms with van der Waals surface area (Å²) >= 11 is 5.91. The van der Waals surface area contributed by atoms with Crippen molar-refractivity contribution in [2.75, 3.05) is 13.1 Å². The number of aromatic nitrogens is 2. The molecule has 4 rings (SSSR count). The van der Waals surface area contributed by atoms with Crippen LogP contribution in [-0.2, 0) is 11.2 Å². The quantitative estimate of drug-likeness (QED) is 0.685. The van der Waals surface area contributed by atoms with E-state index in [1.54, 1.807) is 0 Å². The van der Waals surface area contributed by atoms with Gasteiger partial charge in [0.25, 0.3) is 5.89 Å². The van der Waals surface area contributed by atoms with Gasteiger partial charge in [0.2, 0.25) is 5.91 Å². The molecule has 5 nitrogen and oxygen atoms in total. The Hall–Kier alpha value is -2.66. The number of amides is 1. The van der Waals surface area contributed by atoms with E-state index in [9.17, 15) is 4.79 Å². The highest BCUT2D eigenvalue weighted by Gasteiger charge is 2.33. The van der Waals surface area contributed by atoms with Crippen LogP contribution < -0.4 is 0 Å². The van der Waals surface area contributed by atoms with Gasteiger partial charge in [0.1, 0.15) is 0 Å². The fourth-order valence-electron chi connectivity index (χ4n) is 3.18. The number of hydrogen-bond acceptors (Lipinski definition) is 4. The fourth-order valence-corrected chi connectivity index (χ4v) is 3.30. The number of halogens is 1. The molecule has 0 spiro atoms. The molecule has 1 atom stereocenters. The Morgan fingerprint density at radius 1 is 1.12 bits per heavy atom. The molecule has 3 aromatic rings. The molecule has 0 aliphatic carbocycles. The van der Waals surface area contributed by atoms with Crippen molar-refractivity contribution in [2.24, 2.45) is 0 Å². The second kappa shape index (κ2) is 7.30. The van der Waals surface area contributed by atoms with Gasteiger partial charge in [-0.25, -0.2) is 0 Å². The van der Waals surface area contributed by atoms with E-state index in [0.29, 0.717) is 31.2 Å². The first-order valence-electron chi connectivity index (χ1n) is 8.60. The Morgan fingerprint density at radius 3 is 2.65 bits per heavy atom. The van der Waals surface area contributed by atoms with Crippen LogP contribution in [-0.4, -0.2) is 34.0 Å². The van der Waals surface area contributed by atoms with Crippen LogP contribution in [0.5, 0.6) is 0 Å². The summed E-state index contributed by atoms with van der Waals surface area (Å²) in [4.78, 5) is 18.7. The van der Waals surface area contributed by atoms with Gasteiger partial charge >= 0.3 is 0 Å². The van der Waals surface area contributed by atoms with Gasteiger partial charge in [0.15, 0.2) is 5.82 Å². The van der Waals surface area contributed by atoms with Gasteiger partial charge in [-0.15, -0.1) is 0 Å². The van der Waals surface area contributed by atoms with Crippen molar-refractivity contribution in [3.05, 3.63) is 71.0 Å². The summed E-state index contributed by atoms with van der Waals surface area (Å²) in [5.41, 5.74) is 2.05. The highest BCUT2D eigenvalue weighted by molar-refractivity contribution is 6.30. The Bertz CT molecular complexity index is 893. The number of carbonyl (C=O) groups is 1. The molecular formula is C20H18ClN3O2. The molecule has 2 heterocycles. The maximum Gasteiger partial charge on any atom is 0.257 e. The van der Waals surface area contributed by atoms with E-state index >= 15 is 0 Å². The third-order valence-electron chi connectivity index (χ3n) is 4.63. The summed E-state index contributed by atoms with van der Waals surface area (Å²) in [5.74, 6) is 1.21. The third-order valence-corrected chi connectivity index (χ3v) is 4.88. The minimum absolute atomic E-state index is 0.0195.